The minimum atomic E-state index is -3.46. The highest BCUT2D eigenvalue weighted by atomic mass is 32.2. The second-order valence-electron chi connectivity index (χ2n) is 6.54. The van der Waals surface area contributed by atoms with Gasteiger partial charge in [0.2, 0.25) is 15.9 Å². The molecule has 1 saturated carbocycles. The number of carbonyl (C=O) groups excluding carboxylic acids is 1. The van der Waals surface area contributed by atoms with E-state index >= 15 is 0 Å². The monoisotopic (exact) mass is 382 g/mol. The standard InChI is InChI=1S/C17H22N2O6S/c20-16(14-9-15(14)17(21)22)18-10-12-3-1-2-4-13(12)11-26(23,24)19-5-7-25-8-6-19/h1-4,14-15H,5-11H2,(H,18,20)(H,21,22). The Balaban J connectivity index is 1.63. The minimum Gasteiger partial charge on any atom is -0.481 e. The average Bonchev–Trinajstić information content (AvgIpc) is 3.42. The summed E-state index contributed by atoms with van der Waals surface area (Å²) in [5, 5.41) is 11.6. The predicted octanol–water partition coefficient (Wildman–Crippen LogP) is 0.185. The number of amides is 1. The van der Waals surface area contributed by atoms with Gasteiger partial charge in [-0.3, -0.25) is 9.59 Å². The molecule has 1 aromatic carbocycles. The molecule has 1 aromatic rings. The second-order valence-corrected chi connectivity index (χ2v) is 8.51. The third-order valence-corrected chi connectivity index (χ3v) is 6.54. The van der Waals surface area contributed by atoms with Crippen molar-refractivity contribution in [2.45, 2.75) is 18.7 Å². The highest BCUT2D eigenvalue weighted by molar-refractivity contribution is 7.88. The molecule has 2 N–H and O–H groups in total. The summed E-state index contributed by atoms with van der Waals surface area (Å²) in [6.45, 7) is 1.65. The summed E-state index contributed by atoms with van der Waals surface area (Å²) in [5.74, 6) is -2.49. The molecule has 9 heteroatoms. The number of morpholine rings is 1. The molecule has 2 atom stereocenters. The van der Waals surface area contributed by atoms with Crippen LogP contribution in [0.15, 0.2) is 24.3 Å². The zero-order chi connectivity index (χ0) is 18.7. The van der Waals surface area contributed by atoms with Crippen molar-refractivity contribution in [3.05, 3.63) is 35.4 Å². The molecule has 0 aromatic heterocycles. The second kappa shape index (κ2) is 7.73. The summed E-state index contributed by atoms with van der Waals surface area (Å²) in [6.07, 6.45) is 0.355. The van der Waals surface area contributed by atoms with Crippen LogP contribution >= 0.6 is 0 Å². The van der Waals surface area contributed by atoms with Crippen LogP contribution < -0.4 is 5.32 Å². The number of carboxylic acids is 1. The van der Waals surface area contributed by atoms with Crippen LogP contribution in [-0.4, -0.2) is 56.0 Å². The summed E-state index contributed by atoms with van der Waals surface area (Å²) in [6, 6.07) is 7.04. The molecule has 1 heterocycles. The van der Waals surface area contributed by atoms with E-state index in [1.54, 1.807) is 24.3 Å². The van der Waals surface area contributed by atoms with E-state index in [-0.39, 0.29) is 18.2 Å². The van der Waals surface area contributed by atoms with Gasteiger partial charge in [-0.05, 0) is 17.5 Å². The molecular weight excluding hydrogens is 360 g/mol. The van der Waals surface area contributed by atoms with Gasteiger partial charge in [-0.25, -0.2) is 8.42 Å². The Hall–Kier alpha value is -1.97. The number of aliphatic carboxylic acids is 1. The molecule has 0 spiro atoms. The first-order valence-electron chi connectivity index (χ1n) is 8.51. The Morgan fingerprint density at radius 2 is 1.81 bits per heavy atom. The third-order valence-electron chi connectivity index (χ3n) is 4.72. The number of rotatable bonds is 7. The number of nitrogens with one attached hydrogen (secondary N) is 1. The van der Waals surface area contributed by atoms with Crippen LogP contribution in [0.5, 0.6) is 0 Å². The van der Waals surface area contributed by atoms with E-state index in [0.717, 1.165) is 0 Å². The van der Waals surface area contributed by atoms with Gasteiger partial charge in [-0.15, -0.1) is 0 Å². The van der Waals surface area contributed by atoms with Crippen LogP contribution in [0, 0.1) is 11.8 Å². The lowest BCUT2D eigenvalue weighted by molar-refractivity contribution is -0.140. The smallest absolute Gasteiger partial charge is 0.307 e. The van der Waals surface area contributed by atoms with Gasteiger partial charge in [0.15, 0.2) is 0 Å². The van der Waals surface area contributed by atoms with E-state index in [4.69, 9.17) is 9.84 Å². The van der Waals surface area contributed by atoms with Crippen molar-refractivity contribution in [2.24, 2.45) is 11.8 Å². The Bertz CT molecular complexity index is 788. The van der Waals surface area contributed by atoms with Crippen LogP contribution in [0.1, 0.15) is 17.5 Å². The predicted molar refractivity (Wildman–Crippen MR) is 92.5 cm³/mol. The molecule has 0 radical (unpaired) electrons. The summed E-state index contributed by atoms with van der Waals surface area (Å²) in [4.78, 5) is 22.9. The Morgan fingerprint density at radius 3 is 2.42 bits per heavy atom. The van der Waals surface area contributed by atoms with E-state index in [1.165, 1.54) is 4.31 Å². The first-order chi connectivity index (χ1) is 12.4. The molecule has 1 aliphatic carbocycles. The van der Waals surface area contributed by atoms with Crippen molar-refractivity contribution < 1.29 is 27.9 Å². The molecule has 8 nitrogen and oxygen atoms in total. The summed E-state index contributed by atoms with van der Waals surface area (Å²) >= 11 is 0. The van der Waals surface area contributed by atoms with Crippen LogP contribution in [0.2, 0.25) is 0 Å². The van der Waals surface area contributed by atoms with Crippen LogP contribution in [0.25, 0.3) is 0 Å². The van der Waals surface area contributed by atoms with Crippen molar-refractivity contribution in [3.8, 4) is 0 Å². The molecule has 26 heavy (non-hydrogen) atoms. The Labute approximate surface area is 152 Å². The lowest BCUT2D eigenvalue weighted by atomic mass is 10.1. The number of ether oxygens (including phenoxy) is 1. The van der Waals surface area contributed by atoms with E-state index < -0.39 is 27.8 Å². The van der Waals surface area contributed by atoms with Crippen molar-refractivity contribution in [1.82, 2.24) is 9.62 Å². The van der Waals surface area contributed by atoms with E-state index in [0.29, 0.717) is 43.9 Å². The number of nitrogens with zero attached hydrogens (tertiary/aromatic N) is 1. The summed E-state index contributed by atoms with van der Waals surface area (Å²) < 4.78 is 31.8. The van der Waals surface area contributed by atoms with Crippen LogP contribution in [-0.2, 0) is 36.6 Å². The molecule has 142 valence electrons. The zero-order valence-electron chi connectivity index (χ0n) is 14.3. The molecule has 0 bridgehead atoms. The van der Waals surface area contributed by atoms with Crippen molar-refractivity contribution in [2.75, 3.05) is 26.3 Å². The van der Waals surface area contributed by atoms with Crippen LogP contribution in [0.4, 0.5) is 0 Å². The van der Waals surface area contributed by atoms with Crippen LogP contribution in [0.3, 0.4) is 0 Å². The lowest BCUT2D eigenvalue weighted by Crippen LogP contribution is -2.41. The quantitative estimate of drug-likeness (QED) is 0.696. The highest BCUT2D eigenvalue weighted by Crippen LogP contribution is 2.38. The van der Waals surface area contributed by atoms with Gasteiger partial charge in [0, 0.05) is 19.6 Å². The number of carboxylic acid groups (broad SMARTS) is 1. The highest BCUT2D eigenvalue weighted by Gasteiger charge is 2.48. The Morgan fingerprint density at radius 1 is 1.15 bits per heavy atom. The fourth-order valence-corrected chi connectivity index (χ4v) is 4.62. The van der Waals surface area contributed by atoms with E-state index in [9.17, 15) is 18.0 Å². The number of hydrogen-bond acceptors (Lipinski definition) is 5. The first kappa shape index (κ1) is 18.8. The number of hydrogen-bond donors (Lipinski definition) is 2. The number of sulfonamides is 1. The molecule has 2 fully saturated rings. The van der Waals surface area contributed by atoms with Gasteiger partial charge < -0.3 is 15.2 Å². The minimum absolute atomic E-state index is 0.139. The Kier molecular flexibility index (Phi) is 5.59. The SMILES string of the molecule is O=C(O)C1CC1C(=O)NCc1ccccc1CS(=O)(=O)N1CCOCC1. The van der Waals surface area contributed by atoms with E-state index in [2.05, 4.69) is 5.32 Å². The summed E-state index contributed by atoms with van der Waals surface area (Å²) in [5.41, 5.74) is 1.34. The van der Waals surface area contributed by atoms with Crippen molar-refractivity contribution >= 4 is 21.9 Å². The third kappa shape index (κ3) is 4.40. The van der Waals surface area contributed by atoms with Gasteiger partial charge in [-0.2, -0.15) is 4.31 Å². The molecule has 2 unspecified atom stereocenters. The normalized spacial score (nSPS) is 23.4. The molecule has 1 aliphatic heterocycles. The average molecular weight is 382 g/mol. The summed E-state index contributed by atoms with van der Waals surface area (Å²) in [7, 11) is -3.46. The molecule has 1 saturated heterocycles. The fourth-order valence-electron chi connectivity index (χ4n) is 3.05. The fraction of sp³-hybridized carbons (Fsp3) is 0.529. The topological polar surface area (TPSA) is 113 Å². The van der Waals surface area contributed by atoms with Gasteiger partial charge in [0.25, 0.3) is 0 Å². The van der Waals surface area contributed by atoms with Gasteiger partial charge in [0.1, 0.15) is 0 Å². The van der Waals surface area contributed by atoms with Gasteiger partial charge in [0.05, 0.1) is 30.8 Å². The van der Waals surface area contributed by atoms with Gasteiger partial charge in [-0.1, -0.05) is 24.3 Å². The number of carbonyl (C=O) groups is 2. The zero-order valence-corrected chi connectivity index (χ0v) is 15.1. The molecule has 3 rings (SSSR count). The van der Waals surface area contributed by atoms with E-state index in [1.807, 2.05) is 0 Å². The molecular formula is C17H22N2O6S. The van der Waals surface area contributed by atoms with Gasteiger partial charge >= 0.3 is 5.97 Å². The maximum atomic E-state index is 12.6. The van der Waals surface area contributed by atoms with Crippen molar-refractivity contribution in [3.63, 3.8) is 0 Å². The maximum absolute atomic E-state index is 12.6. The molecule has 1 amide bonds. The maximum Gasteiger partial charge on any atom is 0.307 e. The molecule has 2 aliphatic rings. The first-order valence-corrected chi connectivity index (χ1v) is 10.1. The largest absolute Gasteiger partial charge is 0.481 e. The van der Waals surface area contributed by atoms with Crippen molar-refractivity contribution in [1.29, 1.82) is 0 Å². The lowest BCUT2D eigenvalue weighted by Gasteiger charge is -2.26. The number of benzene rings is 1.